The largest absolute Gasteiger partial charge is 0.377 e. The van der Waals surface area contributed by atoms with Crippen LogP contribution in [0.3, 0.4) is 0 Å². The highest BCUT2D eigenvalue weighted by Gasteiger charge is 2.08. The molecule has 0 saturated heterocycles. The van der Waals surface area contributed by atoms with Crippen LogP contribution in [0.25, 0.3) is 0 Å². The molecule has 1 N–H and O–H groups in total. The van der Waals surface area contributed by atoms with E-state index in [0.29, 0.717) is 21.7 Å². The zero-order chi connectivity index (χ0) is 12.4. The van der Waals surface area contributed by atoms with Crippen molar-refractivity contribution in [2.45, 2.75) is 6.54 Å². The molecule has 0 amide bonds. The van der Waals surface area contributed by atoms with Crippen molar-refractivity contribution in [3.63, 3.8) is 0 Å². The molecule has 2 aromatic rings. The first-order valence-corrected chi connectivity index (χ1v) is 6.23. The van der Waals surface area contributed by atoms with E-state index < -0.39 is 0 Å². The lowest BCUT2D eigenvalue weighted by Gasteiger charge is -2.11. The van der Waals surface area contributed by atoms with Crippen LogP contribution in [0.1, 0.15) is 5.69 Å². The summed E-state index contributed by atoms with van der Waals surface area (Å²) in [5, 5.41) is 3.55. The molecule has 1 aromatic carbocycles. The van der Waals surface area contributed by atoms with Gasteiger partial charge in [-0.05, 0) is 40.2 Å². The van der Waals surface area contributed by atoms with Gasteiger partial charge in [-0.25, -0.2) is 4.39 Å². The second-order valence-electron chi connectivity index (χ2n) is 3.71. The molecule has 17 heavy (non-hydrogen) atoms. The van der Waals surface area contributed by atoms with Crippen LogP contribution >= 0.6 is 27.5 Å². The standard InChI is InChI=1S/C12H11BrClFN2/c1-17-4-2-3-9(17)7-16-12-10(13)5-8(15)6-11(12)14/h2-6,16H,7H2,1H3. The second-order valence-corrected chi connectivity index (χ2v) is 4.97. The SMILES string of the molecule is Cn1cccc1CNc1c(Cl)cc(F)cc1Br. The fraction of sp³-hybridized carbons (Fsp3) is 0.167. The van der Waals surface area contributed by atoms with E-state index in [1.54, 1.807) is 0 Å². The fourth-order valence-corrected chi connectivity index (χ4v) is 2.53. The first kappa shape index (κ1) is 12.5. The number of benzene rings is 1. The molecule has 2 rings (SSSR count). The summed E-state index contributed by atoms with van der Waals surface area (Å²) in [6.45, 7) is 0.632. The van der Waals surface area contributed by atoms with Crippen LogP contribution in [-0.4, -0.2) is 4.57 Å². The van der Waals surface area contributed by atoms with E-state index in [1.807, 2.05) is 29.9 Å². The minimum Gasteiger partial charge on any atom is -0.377 e. The highest BCUT2D eigenvalue weighted by molar-refractivity contribution is 9.10. The van der Waals surface area contributed by atoms with E-state index in [9.17, 15) is 4.39 Å². The molecule has 2 nitrogen and oxygen atoms in total. The van der Waals surface area contributed by atoms with Crippen molar-refractivity contribution in [3.05, 3.63) is 51.5 Å². The summed E-state index contributed by atoms with van der Waals surface area (Å²) in [6.07, 6.45) is 1.97. The maximum Gasteiger partial charge on any atom is 0.125 e. The lowest BCUT2D eigenvalue weighted by molar-refractivity contribution is 0.627. The molecule has 0 aliphatic rings. The molecule has 0 saturated carbocycles. The molecule has 0 unspecified atom stereocenters. The van der Waals surface area contributed by atoms with Gasteiger partial charge in [-0.15, -0.1) is 0 Å². The number of nitrogens with one attached hydrogen (secondary N) is 1. The van der Waals surface area contributed by atoms with E-state index in [-0.39, 0.29) is 5.82 Å². The summed E-state index contributed by atoms with van der Waals surface area (Å²) in [4.78, 5) is 0. The van der Waals surface area contributed by atoms with Gasteiger partial charge in [0.2, 0.25) is 0 Å². The van der Waals surface area contributed by atoms with Gasteiger partial charge < -0.3 is 9.88 Å². The number of rotatable bonds is 3. The summed E-state index contributed by atoms with van der Waals surface area (Å²) >= 11 is 9.26. The third kappa shape index (κ3) is 2.82. The van der Waals surface area contributed by atoms with Gasteiger partial charge in [-0.3, -0.25) is 0 Å². The summed E-state index contributed by atoms with van der Waals surface area (Å²) < 4.78 is 15.7. The zero-order valence-corrected chi connectivity index (χ0v) is 11.5. The first-order valence-electron chi connectivity index (χ1n) is 5.06. The van der Waals surface area contributed by atoms with Crippen molar-refractivity contribution in [2.24, 2.45) is 7.05 Å². The van der Waals surface area contributed by atoms with Crippen LogP contribution in [0, 0.1) is 5.82 Å². The molecular formula is C12H11BrClFN2. The van der Waals surface area contributed by atoms with Crippen molar-refractivity contribution in [1.82, 2.24) is 4.57 Å². The maximum absolute atomic E-state index is 13.0. The molecular weight excluding hydrogens is 307 g/mol. The Bertz CT molecular complexity index is 516. The minimum absolute atomic E-state index is 0.355. The molecule has 0 aliphatic carbocycles. The summed E-state index contributed by atoms with van der Waals surface area (Å²) in [7, 11) is 1.97. The van der Waals surface area contributed by atoms with Gasteiger partial charge in [0.15, 0.2) is 0 Å². The first-order chi connectivity index (χ1) is 8.08. The Labute approximate surface area is 113 Å². The van der Waals surface area contributed by atoms with Gasteiger partial charge in [0.25, 0.3) is 0 Å². The Morgan fingerprint density at radius 3 is 2.82 bits per heavy atom. The minimum atomic E-state index is -0.355. The molecule has 0 radical (unpaired) electrons. The highest BCUT2D eigenvalue weighted by atomic mass is 79.9. The number of anilines is 1. The van der Waals surface area contributed by atoms with Crippen molar-refractivity contribution in [2.75, 3.05) is 5.32 Å². The highest BCUT2D eigenvalue weighted by Crippen LogP contribution is 2.31. The van der Waals surface area contributed by atoms with Gasteiger partial charge in [-0.2, -0.15) is 0 Å². The van der Waals surface area contributed by atoms with E-state index in [2.05, 4.69) is 21.2 Å². The molecule has 0 bridgehead atoms. The van der Waals surface area contributed by atoms with E-state index in [4.69, 9.17) is 11.6 Å². The van der Waals surface area contributed by atoms with Crippen molar-refractivity contribution < 1.29 is 4.39 Å². The van der Waals surface area contributed by atoms with Crippen LogP contribution < -0.4 is 5.32 Å². The number of nitrogens with zero attached hydrogens (tertiary/aromatic N) is 1. The third-order valence-electron chi connectivity index (χ3n) is 2.50. The predicted octanol–water partition coefficient (Wildman–Crippen LogP) is 4.19. The summed E-state index contributed by atoms with van der Waals surface area (Å²) in [5.74, 6) is -0.355. The average Bonchev–Trinajstić information content (AvgIpc) is 2.62. The van der Waals surface area contributed by atoms with Crippen molar-refractivity contribution >= 4 is 33.2 Å². The Balaban J connectivity index is 2.17. The van der Waals surface area contributed by atoms with Crippen LogP contribution in [0.5, 0.6) is 0 Å². The van der Waals surface area contributed by atoms with Gasteiger partial charge in [-0.1, -0.05) is 11.6 Å². The molecule has 0 aliphatic heterocycles. The van der Waals surface area contributed by atoms with E-state index >= 15 is 0 Å². The third-order valence-corrected chi connectivity index (χ3v) is 3.43. The quantitative estimate of drug-likeness (QED) is 0.898. The lowest BCUT2D eigenvalue weighted by atomic mass is 10.3. The molecule has 5 heteroatoms. The lowest BCUT2D eigenvalue weighted by Crippen LogP contribution is -2.05. The maximum atomic E-state index is 13.0. The van der Waals surface area contributed by atoms with Crippen LogP contribution in [0.4, 0.5) is 10.1 Å². The molecule has 0 fully saturated rings. The van der Waals surface area contributed by atoms with Crippen LogP contribution in [0.2, 0.25) is 5.02 Å². The molecule has 1 aromatic heterocycles. The summed E-state index contributed by atoms with van der Waals surface area (Å²) in [5.41, 5.74) is 1.83. The monoisotopic (exact) mass is 316 g/mol. The Morgan fingerprint density at radius 2 is 2.24 bits per heavy atom. The van der Waals surface area contributed by atoms with Crippen molar-refractivity contribution in [3.8, 4) is 0 Å². The van der Waals surface area contributed by atoms with Gasteiger partial charge >= 0.3 is 0 Å². The number of aryl methyl sites for hydroxylation is 1. The molecule has 0 spiro atoms. The number of hydrogen-bond donors (Lipinski definition) is 1. The Kier molecular flexibility index (Phi) is 3.74. The van der Waals surface area contributed by atoms with E-state index in [0.717, 1.165) is 5.69 Å². The number of hydrogen-bond acceptors (Lipinski definition) is 1. The Morgan fingerprint density at radius 1 is 1.47 bits per heavy atom. The number of aromatic nitrogens is 1. The fourth-order valence-electron chi connectivity index (χ4n) is 1.57. The van der Waals surface area contributed by atoms with Crippen molar-refractivity contribution in [1.29, 1.82) is 0 Å². The van der Waals surface area contributed by atoms with Gasteiger partial charge in [0, 0.05) is 23.4 Å². The average molecular weight is 318 g/mol. The normalized spacial score (nSPS) is 10.6. The molecule has 0 atom stereocenters. The van der Waals surface area contributed by atoms with Crippen LogP contribution in [-0.2, 0) is 13.6 Å². The van der Waals surface area contributed by atoms with E-state index in [1.165, 1.54) is 12.1 Å². The van der Waals surface area contributed by atoms with Gasteiger partial charge in [0.1, 0.15) is 5.82 Å². The molecule has 90 valence electrons. The smallest absolute Gasteiger partial charge is 0.125 e. The topological polar surface area (TPSA) is 17.0 Å². The second kappa shape index (κ2) is 5.10. The summed E-state index contributed by atoms with van der Waals surface area (Å²) in [6, 6.07) is 6.66. The van der Waals surface area contributed by atoms with Crippen LogP contribution in [0.15, 0.2) is 34.9 Å². The zero-order valence-electron chi connectivity index (χ0n) is 9.17. The van der Waals surface area contributed by atoms with Gasteiger partial charge in [0.05, 0.1) is 17.3 Å². The number of halogens is 3. The predicted molar refractivity (Wildman–Crippen MR) is 71.8 cm³/mol. The Hall–Kier alpha value is -1.00. The molecule has 1 heterocycles.